The molecule has 4 atom stereocenters. The molecule has 0 unspecified atom stereocenters. The molecule has 8 heteroatoms. The highest BCUT2D eigenvalue weighted by Crippen LogP contribution is 2.35. The normalized spacial score (nSPS) is 32.9. The number of hydrogen-bond acceptors (Lipinski definition) is 5. The lowest BCUT2D eigenvalue weighted by Crippen LogP contribution is -2.31. The fourth-order valence-corrected chi connectivity index (χ4v) is 2.11. The Morgan fingerprint density at radius 3 is 2.71 bits per heavy atom. The van der Waals surface area contributed by atoms with E-state index in [0.717, 1.165) is 0 Å². The van der Waals surface area contributed by atoms with Crippen LogP contribution in [0.2, 0.25) is 0 Å². The van der Waals surface area contributed by atoms with Gasteiger partial charge in [0.05, 0.1) is 17.5 Å². The zero-order valence-corrected chi connectivity index (χ0v) is 9.35. The number of aromatic amines is 2. The molecule has 0 saturated carbocycles. The molecule has 17 heavy (non-hydrogen) atoms. The van der Waals surface area contributed by atoms with Crippen LogP contribution in [0.25, 0.3) is 0 Å². The zero-order valence-electron chi connectivity index (χ0n) is 8.59. The fraction of sp³-hybridized carbons (Fsp3) is 0.556. The van der Waals surface area contributed by atoms with Gasteiger partial charge in [-0.1, -0.05) is 0 Å². The molecule has 0 aliphatic carbocycles. The Bertz CT molecular complexity index is 513. The number of aliphatic hydroxyl groups is 2. The van der Waals surface area contributed by atoms with Gasteiger partial charge in [-0.15, -0.1) is 11.6 Å². The van der Waals surface area contributed by atoms with Crippen molar-refractivity contribution in [3.8, 4) is 0 Å². The second-order valence-corrected chi connectivity index (χ2v) is 4.24. The summed E-state index contributed by atoms with van der Waals surface area (Å²) >= 11 is 5.92. The maximum Gasteiger partial charge on any atom is 0.325 e. The van der Waals surface area contributed by atoms with Crippen LogP contribution in [-0.4, -0.2) is 44.4 Å². The molecular formula is C9H11ClN2O5. The van der Waals surface area contributed by atoms with Crippen LogP contribution >= 0.6 is 11.6 Å². The molecule has 0 spiro atoms. The van der Waals surface area contributed by atoms with Crippen LogP contribution in [0.5, 0.6) is 0 Å². The van der Waals surface area contributed by atoms with E-state index in [9.17, 15) is 14.7 Å². The molecule has 1 aromatic rings. The molecule has 1 aliphatic heterocycles. The summed E-state index contributed by atoms with van der Waals surface area (Å²) in [4.78, 5) is 26.7. The van der Waals surface area contributed by atoms with Gasteiger partial charge in [-0.2, -0.15) is 0 Å². The van der Waals surface area contributed by atoms with E-state index in [1.807, 2.05) is 4.98 Å². The summed E-state index contributed by atoms with van der Waals surface area (Å²) in [5.74, 6) is 0. The van der Waals surface area contributed by atoms with E-state index in [0.29, 0.717) is 0 Å². The number of rotatable bonds is 2. The maximum absolute atomic E-state index is 11.5. The average molecular weight is 263 g/mol. The maximum atomic E-state index is 11.5. The third-order valence-corrected chi connectivity index (χ3v) is 3.14. The van der Waals surface area contributed by atoms with Crippen LogP contribution < -0.4 is 11.2 Å². The van der Waals surface area contributed by atoms with Crippen LogP contribution in [0.1, 0.15) is 11.7 Å². The van der Waals surface area contributed by atoms with Crippen molar-refractivity contribution in [3.05, 3.63) is 32.6 Å². The third kappa shape index (κ3) is 2.14. The molecule has 1 aromatic heterocycles. The molecule has 0 aromatic carbocycles. The first kappa shape index (κ1) is 12.3. The number of halogens is 1. The summed E-state index contributed by atoms with van der Waals surface area (Å²) < 4.78 is 5.27. The van der Waals surface area contributed by atoms with Crippen molar-refractivity contribution in [3.63, 3.8) is 0 Å². The highest BCUT2D eigenvalue weighted by molar-refractivity contribution is 6.21. The first-order valence-corrected chi connectivity index (χ1v) is 5.38. The minimum absolute atomic E-state index is 0.111. The van der Waals surface area contributed by atoms with Crippen molar-refractivity contribution in [2.75, 3.05) is 6.61 Å². The van der Waals surface area contributed by atoms with E-state index in [1.165, 1.54) is 6.20 Å². The van der Waals surface area contributed by atoms with Crippen molar-refractivity contribution >= 4 is 11.6 Å². The highest BCUT2D eigenvalue weighted by Gasteiger charge is 2.44. The van der Waals surface area contributed by atoms with E-state index in [4.69, 9.17) is 21.4 Å². The van der Waals surface area contributed by atoms with Gasteiger partial charge in [-0.25, -0.2) is 4.79 Å². The minimum atomic E-state index is -1.07. The summed E-state index contributed by atoms with van der Waals surface area (Å²) in [6.07, 6.45) is -1.59. The smallest absolute Gasteiger partial charge is 0.325 e. The first-order chi connectivity index (χ1) is 8.04. The monoisotopic (exact) mass is 262 g/mol. The van der Waals surface area contributed by atoms with Gasteiger partial charge < -0.3 is 19.9 Å². The summed E-state index contributed by atoms with van der Waals surface area (Å²) in [7, 11) is 0. The first-order valence-electron chi connectivity index (χ1n) is 4.95. The number of aliphatic hydroxyl groups excluding tert-OH is 2. The number of alkyl halides is 1. The van der Waals surface area contributed by atoms with Crippen molar-refractivity contribution in [1.29, 1.82) is 0 Å². The third-order valence-electron chi connectivity index (χ3n) is 2.65. The quantitative estimate of drug-likeness (QED) is 0.482. The van der Waals surface area contributed by atoms with Crippen LogP contribution in [0, 0.1) is 0 Å². The largest absolute Gasteiger partial charge is 0.394 e. The lowest BCUT2D eigenvalue weighted by molar-refractivity contribution is -0.0229. The lowest BCUT2D eigenvalue weighted by Gasteiger charge is -2.12. The van der Waals surface area contributed by atoms with Crippen molar-refractivity contribution < 1.29 is 14.9 Å². The number of aromatic nitrogens is 2. The second-order valence-electron chi connectivity index (χ2n) is 3.74. The van der Waals surface area contributed by atoms with Gasteiger partial charge in [-0.3, -0.25) is 9.78 Å². The average Bonchev–Trinajstić information content (AvgIpc) is 2.57. The molecule has 1 aliphatic rings. The topological polar surface area (TPSA) is 115 Å². The predicted octanol–water partition coefficient (Wildman–Crippen LogP) is -1.54. The van der Waals surface area contributed by atoms with Crippen molar-refractivity contribution in [2.24, 2.45) is 0 Å². The standard InChI is InChI=1S/C9H11ClN2O5/c10-5-6(14)4(2-13)17-7(5)3-1-11-9(16)12-8(3)15/h1,4-7,13-14H,2H2,(H2,11,12,15,16)/t4-,5-,6-,7+/m1/s1. The van der Waals surface area contributed by atoms with E-state index >= 15 is 0 Å². The summed E-state index contributed by atoms with van der Waals surface area (Å²) in [5, 5.41) is 17.7. The van der Waals surface area contributed by atoms with Crippen molar-refractivity contribution in [1.82, 2.24) is 9.97 Å². The van der Waals surface area contributed by atoms with Crippen LogP contribution in [0.3, 0.4) is 0 Å². The minimum Gasteiger partial charge on any atom is -0.394 e. The van der Waals surface area contributed by atoms with Gasteiger partial charge in [0.1, 0.15) is 18.3 Å². The Balaban J connectivity index is 2.35. The molecule has 7 nitrogen and oxygen atoms in total. The molecule has 94 valence electrons. The Hall–Kier alpha value is -1.15. The molecule has 4 N–H and O–H groups in total. The summed E-state index contributed by atoms with van der Waals surface area (Å²) in [6, 6.07) is 0. The number of H-pyrrole nitrogens is 2. The van der Waals surface area contributed by atoms with Crippen LogP contribution in [-0.2, 0) is 4.74 Å². The Labute approximate surface area is 100 Å². The molecule has 1 saturated heterocycles. The molecule has 2 rings (SSSR count). The number of nitrogens with one attached hydrogen (secondary N) is 2. The summed E-state index contributed by atoms with van der Waals surface area (Å²) in [6.45, 7) is -0.401. The van der Waals surface area contributed by atoms with Gasteiger partial charge in [-0.05, 0) is 0 Å². The zero-order chi connectivity index (χ0) is 12.6. The van der Waals surface area contributed by atoms with Gasteiger partial charge in [0.25, 0.3) is 5.56 Å². The highest BCUT2D eigenvalue weighted by atomic mass is 35.5. The van der Waals surface area contributed by atoms with Crippen LogP contribution in [0.4, 0.5) is 0 Å². The van der Waals surface area contributed by atoms with E-state index in [1.54, 1.807) is 0 Å². The predicted molar refractivity (Wildman–Crippen MR) is 58.0 cm³/mol. The number of ether oxygens (including phenoxy) is 1. The SMILES string of the molecule is O=c1[nH]cc([C@@H]2O[C@H](CO)[C@@H](O)[C@H]2Cl)c(=O)[nH]1. The molecule has 1 fully saturated rings. The molecule has 2 heterocycles. The summed E-state index contributed by atoms with van der Waals surface area (Å²) in [5.41, 5.74) is -1.16. The van der Waals surface area contributed by atoms with E-state index in [2.05, 4.69) is 4.98 Å². The van der Waals surface area contributed by atoms with Crippen molar-refractivity contribution in [2.45, 2.75) is 23.7 Å². The van der Waals surface area contributed by atoms with E-state index in [-0.39, 0.29) is 5.56 Å². The molecular weight excluding hydrogens is 252 g/mol. The van der Waals surface area contributed by atoms with Crippen LogP contribution in [0.15, 0.2) is 15.8 Å². The van der Waals surface area contributed by atoms with Gasteiger partial charge in [0, 0.05) is 6.20 Å². The number of hydrogen-bond donors (Lipinski definition) is 4. The Kier molecular flexibility index (Phi) is 3.34. The molecule has 0 radical (unpaired) electrons. The van der Waals surface area contributed by atoms with Gasteiger partial charge in [0.2, 0.25) is 0 Å². The lowest BCUT2D eigenvalue weighted by atomic mass is 10.1. The van der Waals surface area contributed by atoms with E-state index < -0.39 is 41.5 Å². The Morgan fingerprint density at radius 2 is 2.18 bits per heavy atom. The second kappa shape index (κ2) is 4.61. The molecule has 0 amide bonds. The van der Waals surface area contributed by atoms with Gasteiger partial charge >= 0.3 is 5.69 Å². The Morgan fingerprint density at radius 1 is 1.47 bits per heavy atom. The molecule has 0 bridgehead atoms. The fourth-order valence-electron chi connectivity index (χ4n) is 1.76. The van der Waals surface area contributed by atoms with Gasteiger partial charge in [0.15, 0.2) is 0 Å².